The highest BCUT2D eigenvalue weighted by Crippen LogP contribution is 2.20. The fraction of sp³-hybridized carbons (Fsp3) is 0.400. The fourth-order valence-electron chi connectivity index (χ4n) is 3.51. The van der Waals surface area contributed by atoms with E-state index < -0.39 is 0 Å². The van der Waals surface area contributed by atoms with E-state index in [0.29, 0.717) is 28.4 Å². The topological polar surface area (TPSA) is 108 Å². The van der Waals surface area contributed by atoms with Gasteiger partial charge in [0.05, 0.1) is 18.5 Å². The molecule has 0 unspecified atom stereocenters. The molecule has 0 amide bonds. The fourth-order valence-corrected chi connectivity index (χ4v) is 3.51. The Labute approximate surface area is 168 Å². The summed E-state index contributed by atoms with van der Waals surface area (Å²) in [7, 11) is 0. The summed E-state index contributed by atoms with van der Waals surface area (Å²) in [5.74, 6) is 0.999. The molecule has 0 aromatic carbocycles. The molecule has 3 aromatic heterocycles. The van der Waals surface area contributed by atoms with Gasteiger partial charge in [0.25, 0.3) is 5.56 Å². The second-order valence-electron chi connectivity index (χ2n) is 7.33. The lowest BCUT2D eigenvalue weighted by Crippen LogP contribution is -2.43. The number of aliphatic hydroxyl groups excluding tert-OH is 1. The van der Waals surface area contributed by atoms with E-state index in [1.54, 1.807) is 16.8 Å². The molecule has 9 heteroatoms. The Morgan fingerprint density at radius 1 is 1.21 bits per heavy atom. The van der Waals surface area contributed by atoms with Crippen molar-refractivity contribution in [2.45, 2.75) is 26.5 Å². The van der Waals surface area contributed by atoms with Crippen LogP contribution in [0.4, 0.5) is 17.5 Å². The standard InChI is InChI=1S/C20H25N7O2/c1-13(2)27-18-14(9-15(12-28)19(27)29)10-23-20(25-18)24-17-4-3-16(11-22-17)26-7-5-21-6-8-26/h3-4,9-11,13,21,28H,5-8,12H2,1-2H3,(H,22,23,24,25). The van der Waals surface area contributed by atoms with Gasteiger partial charge in [-0.3, -0.25) is 9.36 Å². The first kappa shape index (κ1) is 19.3. The molecule has 1 fully saturated rings. The molecule has 4 heterocycles. The zero-order valence-corrected chi connectivity index (χ0v) is 16.6. The maximum absolute atomic E-state index is 12.6. The molecule has 3 N–H and O–H groups in total. The maximum Gasteiger partial charge on any atom is 0.257 e. The summed E-state index contributed by atoms with van der Waals surface area (Å²) in [5, 5.41) is 16.6. The predicted octanol–water partition coefficient (Wildman–Crippen LogP) is 1.41. The molecule has 1 aliphatic rings. The van der Waals surface area contributed by atoms with Gasteiger partial charge in [-0.1, -0.05) is 0 Å². The average Bonchev–Trinajstić information content (AvgIpc) is 2.74. The molecule has 0 atom stereocenters. The van der Waals surface area contributed by atoms with Gasteiger partial charge in [-0.25, -0.2) is 9.97 Å². The van der Waals surface area contributed by atoms with Gasteiger partial charge in [-0.15, -0.1) is 0 Å². The largest absolute Gasteiger partial charge is 0.391 e. The number of fused-ring (bicyclic) bond motifs is 1. The maximum atomic E-state index is 12.6. The van der Waals surface area contributed by atoms with Gasteiger partial charge in [0, 0.05) is 49.4 Å². The Morgan fingerprint density at radius 3 is 2.66 bits per heavy atom. The van der Waals surface area contributed by atoms with Crippen LogP contribution in [0.25, 0.3) is 11.0 Å². The minimum atomic E-state index is -0.315. The van der Waals surface area contributed by atoms with Crippen LogP contribution in [-0.2, 0) is 6.61 Å². The third kappa shape index (κ3) is 3.92. The highest BCUT2D eigenvalue weighted by atomic mass is 16.3. The Morgan fingerprint density at radius 2 is 2.00 bits per heavy atom. The van der Waals surface area contributed by atoms with Crippen LogP contribution in [0.5, 0.6) is 0 Å². The molecule has 1 saturated heterocycles. The molecule has 0 saturated carbocycles. The number of pyridine rings is 2. The average molecular weight is 395 g/mol. The number of rotatable bonds is 5. The Balaban J connectivity index is 1.63. The normalized spacial score (nSPS) is 14.6. The van der Waals surface area contributed by atoms with Crippen LogP contribution < -0.4 is 21.1 Å². The van der Waals surface area contributed by atoms with Crippen LogP contribution in [0.2, 0.25) is 0 Å². The second kappa shape index (κ2) is 8.14. The van der Waals surface area contributed by atoms with Gasteiger partial charge < -0.3 is 20.6 Å². The van der Waals surface area contributed by atoms with E-state index in [1.807, 2.05) is 32.2 Å². The number of piperazine rings is 1. The first-order chi connectivity index (χ1) is 14.1. The number of hydrogen-bond donors (Lipinski definition) is 3. The minimum Gasteiger partial charge on any atom is -0.391 e. The number of hydrogen-bond acceptors (Lipinski definition) is 8. The SMILES string of the molecule is CC(C)n1c(=O)c(CO)cc2cnc(Nc3ccc(N4CCNCC4)cn3)nc21. The number of nitrogens with one attached hydrogen (secondary N) is 2. The zero-order valence-electron chi connectivity index (χ0n) is 16.6. The van der Waals surface area contributed by atoms with Crippen LogP contribution in [0, 0.1) is 0 Å². The summed E-state index contributed by atoms with van der Waals surface area (Å²) in [6, 6.07) is 5.46. The predicted molar refractivity (Wildman–Crippen MR) is 113 cm³/mol. The van der Waals surface area contributed by atoms with E-state index >= 15 is 0 Å². The zero-order chi connectivity index (χ0) is 20.4. The van der Waals surface area contributed by atoms with E-state index in [9.17, 15) is 9.90 Å². The molecule has 29 heavy (non-hydrogen) atoms. The Kier molecular flexibility index (Phi) is 5.41. The summed E-state index contributed by atoms with van der Waals surface area (Å²) in [6.45, 7) is 7.38. The molecule has 0 spiro atoms. The van der Waals surface area contributed by atoms with Crippen LogP contribution >= 0.6 is 0 Å². The monoisotopic (exact) mass is 395 g/mol. The molecular weight excluding hydrogens is 370 g/mol. The van der Waals surface area contributed by atoms with Crippen molar-refractivity contribution in [2.75, 3.05) is 36.4 Å². The smallest absolute Gasteiger partial charge is 0.257 e. The van der Waals surface area contributed by atoms with Crippen LogP contribution in [0.3, 0.4) is 0 Å². The highest BCUT2D eigenvalue weighted by Gasteiger charge is 2.14. The molecular formula is C20H25N7O2. The van der Waals surface area contributed by atoms with Crippen molar-refractivity contribution in [3.05, 3.63) is 46.5 Å². The van der Waals surface area contributed by atoms with Crippen molar-refractivity contribution in [2.24, 2.45) is 0 Å². The lowest BCUT2D eigenvalue weighted by molar-refractivity contribution is 0.279. The first-order valence-corrected chi connectivity index (χ1v) is 9.77. The van der Waals surface area contributed by atoms with Gasteiger partial charge in [0.1, 0.15) is 11.5 Å². The van der Waals surface area contributed by atoms with Crippen molar-refractivity contribution in [3.63, 3.8) is 0 Å². The van der Waals surface area contributed by atoms with Gasteiger partial charge in [-0.2, -0.15) is 4.98 Å². The molecule has 0 aliphatic carbocycles. The van der Waals surface area contributed by atoms with E-state index in [4.69, 9.17) is 0 Å². The van der Waals surface area contributed by atoms with Crippen molar-refractivity contribution in [1.29, 1.82) is 0 Å². The van der Waals surface area contributed by atoms with Gasteiger partial charge >= 0.3 is 0 Å². The van der Waals surface area contributed by atoms with Crippen LogP contribution in [0.1, 0.15) is 25.5 Å². The Hall–Kier alpha value is -3.04. The van der Waals surface area contributed by atoms with Crippen molar-refractivity contribution < 1.29 is 5.11 Å². The number of aromatic nitrogens is 4. The summed E-state index contributed by atoms with van der Waals surface area (Å²) in [4.78, 5) is 28.3. The van der Waals surface area contributed by atoms with Crippen molar-refractivity contribution in [1.82, 2.24) is 24.8 Å². The van der Waals surface area contributed by atoms with Gasteiger partial charge in [0.2, 0.25) is 5.95 Å². The summed E-state index contributed by atoms with van der Waals surface area (Å²) in [6.07, 6.45) is 3.49. The minimum absolute atomic E-state index is 0.101. The van der Waals surface area contributed by atoms with Crippen molar-refractivity contribution in [3.8, 4) is 0 Å². The lowest BCUT2D eigenvalue weighted by Gasteiger charge is -2.29. The van der Waals surface area contributed by atoms with Crippen LogP contribution in [0.15, 0.2) is 35.4 Å². The number of nitrogens with zero attached hydrogens (tertiary/aromatic N) is 5. The lowest BCUT2D eigenvalue weighted by atomic mass is 10.2. The molecule has 0 bridgehead atoms. The molecule has 9 nitrogen and oxygen atoms in total. The number of anilines is 3. The second-order valence-corrected chi connectivity index (χ2v) is 7.33. The first-order valence-electron chi connectivity index (χ1n) is 9.77. The quantitative estimate of drug-likeness (QED) is 0.595. The summed E-state index contributed by atoms with van der Waals surface area (Å²) in [5.41, 5.74) is 1.71. The number of aliphatic hydroxyl groups is 1. The van der Waals surface area contributed by atoms with E-state index in [-0.39, 0.29) is 18.2 Å². The molecule has 1 aliphatic heterocycles. The summed E-state index contributed by atoms with van der Waals surface area (Å²) >= 11 is 0. The molecule has 3 aromatic rings. The van der Waals surface area contributed by atoms with E-state index in [1.165, 1.54) is 0 Å². The van der Waals surface area contributed by atoms with Crippen molar-refractivity contribution >= 4 is 28.5 Å². The van der Waals surface area contributed by atoms with Gasteiger partial charge in [-0.05, 0) is 32.0 Å². The highest BCUT2D eigenvalue weighted by molar-refractivity contribution is 5.76. The van der Waals surface area contributed by atoms with E-state index in [2.05, 4.69) is 30.5 Å². The third-order valence-corrected chi connectivity index (χ3v) is 5.00. The third-order valence-electron chi connectivity index (χ3n) is 5.00. The molecule has 4 rings (SSSR count). The molecule has 152 valence electrons. The Bertz CT molecular complexity index is 1060. The van der Waals surface area contributed by atoms with Crippen LogP contribution in [-0.4, -0.2) is 50.8 Å². The van der Waals surface area contributed by atoms with Gasteiger partial charge in [0.15, 0.2) is 0 Å². The molecule has 0 radical (unpaired) electrons. The van der Waals surface area contributed by atoms with E-state index in [0.717, 1.165) is 31.9 Å². The summed E-state index contributed by atoms with van der Waals surface area (Å²) < 4.78 is 1.58.